The average Bonchev–Trinajstić information content (AvgIpc) is 0.769. The summed E-state index contributed by atoms with van der Waals surface area (Å²) in [5, 5.41) is 48.9. The fourth-order valence-electron chi connectivity index (χ4n) is 14.3. The van der Waals surface area contributed by atoms with Gasteiger partial charge in [0.1, 0.15) is 112 Å². The fourth-order valence-corrected chi connectivity index (χ4v) is 14.3. The lowest BCUT2D eigenvalue weighted by Gasteiger charge is -2.21. The highest BCUT2D eigenvalue weighted by Gasteiger charge is 2.26. The number of carbonyl (C=O) groups is 4. The van der Waals surface area contributed by atoms with E-state index in [9.17, 15) is 39.6 Å². The molecule has 0 radical (unpaired) electrons. The fraction of sp³-hybridized carbons (Fsp3) is 0.629. The minimum absolute atomic E-state index is 0.0848. The van der Waals surface area contributed by atoms with E-state index in [1.54, 1.807) is 66.7 Å². The van der Waals surface area contributed by atoms with Crippen LogP contribution in [0.3, 0.4) is 0 Å². The molecule has 0 aliphatic rings. The van der Waals surface area contributed by atoms with Crippen LogP contribution in [0.4, 0.5) is 0 Å². The van der Waals surface area contributed by atoms with E-state index in [1.165, 1.54) is 83.5 Å². The van der Waals surface area contributed by atoms with Gasteiger partial charge in [0.05, 0.1) is 36.2 Å². The summed E-state index contributed by atoms with van der Waals surface area (Å²) in [6.07, 6.45) is 36.2. The van der Waals surface area contributed by atoms with E-state index in [-0.39, 0.29) is 83.1 Å². The van der Waals surface area contributed by atoms with Gasteiger partial charge >= 0.3 is 23.9 Å². The SMILES string of the molecule is CCCCCCCCCC(CCCCCCC)C(=O)OCC(O)COc1ccc2ccc(OCC(O)COC(=O)C(CCCCCCC)CCCCCCCCC)c(Cc3c(OCC(O)COC(=O)c4ccc(OCCCCCCC)cc4)ccc4ccc(OCC(O)COC(=O)c5ccc(OCCCCCCC)cc5)cc34)c2c1. The second kappa shape index (κ2) is 59.1. The van der Waals surface area contributed by atoms with Crippen LogP contribution < -0.4 is 28.4 Å². The van der Waals surface area contributed by atoms with Crippen molar-refractivity contribution in [2.24, 2.45) is 11.8 Å². The maximum atomic E-state index is 14.0. The number of carbonyl (C=O) groups excluding carboxylic acids is 4. The van der Waals surface area contributed by atoms with Gasteiger partial charge in [-0.05, 0) is 145 Å². The minimum Gasteiger partial charge on any atom is -0.494 e. The molecule has 0 spiro atoms. The van der Waals surface area contributed by atoms with Gasteiger partial charge in [0, 0.05) is 17.5 Å². The summed E-state index contributed by atoms with van der Waals surface area (Å²) in [7, 11) is 0. The van der Waals surface area contributed by atoms with E-state index in [2.05, 4.69) is 41.5 Å². The maximum Gasteiger partial charge on any atom is 0.338 e. The number of unbranched alkanes of at least 4 members (excludes halogenated alkanes) is 28. The molecule has 0 aliphatic heterocycles. The van der Waals surface area contributed by atoms with Crippen molar-refractivity contribution in [3.8, 4) is 34.5 Å². The number of aliphatic hydroxyl groups is 4. The largest absolute Gasteiger partial charge is 0.494 e. The van der Waals surface area contributed by atoms with Crippen LogP contribution in [0.2, 0.25) is 0 Å². The topological polar surface area (TPSA) is 241 Å². The molecule has 640 valence electrons. The van der Waals surface area contributed by atoms with Gasteiger partial charge < -0.3 is 67.8 Å². The van der Waals surface area contributed by atoms with Gasteiger partial charge in [0.15, 0.2) is 0 Å². The lowest BCUT2D eigenvalue weighted by atomic mass is 9.93. The predicted molar refractivity (Wildman–Crippen MR) is 460 cm³/mol. The molecule has 4 N–H and O–H groups in total. The first-order chi connectivity index (χ1) is 56.2. The zero-order chi connectivity index (χ0) is 82.3. The van der Waals surface area contributed by atoms with Gasteiger partial charge in [-0.2, -0.15) is 0 Å². The van der Waals surface area contributed by atoms with Gasteiger partial charge in [-0.1, -0.05) is 271 Å². The second-order valence-corrected chi connectivity index (χ2v) is 31.5. The Hall–Kier alpha value is -7.64. The molecule has 115 heavy (non-hydrogen) atoms. The Morgan fingerprint density at radius 2 is 0.548 bits per heavy atom. The standard InChI is InChI=1S/C97H144O18/c1-7-13-19-25-27-31-37-43-76(41-35-29-21-15-9-3)94(102)112-70-80(98)66-108-86-57-45-74-51-59-92(110-68-82(100)72-113-95(103)77(42-36-30-22-16-10-4)44-38-32-28-26-20-14-8-2)90(88(74)63-86)65-91-89-64-87(109-67-81(99)71-114-96(104)78-47-53-84(54-48-78)106-61-39-33-23-17-11-5)58-46-75(89)52-60-93(91)111-69-83(101)73-115-97(105)79-49-55-85(56-50-79)107-62-40-34-24-18-12-6/h45-60,63-64,76-77,80-83,98-101H,7-44,61-62,65-73H2,1-6H3. The molecule has 6 aromatic carbocycles. The molecule has 0 aromatic heterocycles. The van der Waals surface area contributed by atoms with Gasteiger partial charge in [0.2, 0.25) is 0 Å². The number of esters is 4. The number of benzene rings is 6. The van der Waals surface area contributed by atoms with Gasteiger partial charge in [-0.25, -0.2) is 9.59 Å². The van der Waals surface area contributed by atoms with E-state index >= 15 is 0 Å². The normalized spacial score (nSPS) is 13.0. The molecule has 0 amide bonds. The zero-order valence-corrected chi connectivity index (χ0v) is 71.0. The molecule has 6 unspecified atom stereocenters. The molecule has 18 nitrogen and oxygen atoms in total. The first kappa shape index (κ1) is 96.2. The first-order valence-corrected chi connectivity index (χ1v) is 44.6. The quantitative estimate of drug-likeness (QED) is 0.0158. The van der Waals surface area contributed by atoms with E-state index in [0.717, 1.165) is 171 Å². The number of rotatable bonds is 68. The summed E-state index contributed by atoms with van der Waals surface area (Å²) in [6.45, 7) is 12.1. The zero-order valence-electron chi connectivity index (χ0n) is 71.0. The van der Waals surface area contributed by atoms with Crippen LogP contribution in [0, 0.1) is 11.8 Å². The number of aliphatic hydroxyl groups excluding tert-OH is 4. The van der Waals surface area contributed by atoms with E-state index in [1.807, 2.05) is 42.5 Å². The summed E-state index contributed by atoms with van der Waals surface area (Å²) in [5.41, 5.74) is 1.83. The molecule has 0 bridgehead atoms. The lowest BCUT2D eigenvalue weighted by molar-refractivity contribution is -0.153. The van der Waals surface area contributed by atoms with Gasteiger partial charge in [0.25, 0.3) is 0 Å². The Bertz CT molecular complexity index is 3580. The molecular formula is C97H144O18. The summed E-state index contributed by atoms with van der Waals surface area (Å²) in [6, 6.07) is 31.9. The van der Waals surface area contributed by atoms with E-state index in [0.29, 0.717) is 80.7 Å². The molecule has 0 fully saturated rings. The Kier molecular flexibility index (Phi) is 49.4. The minimum atomic E-state index is -1.28. The van der Waals surface area contributed by atoms with Crippen molar-refractivity contribution in [3.05, 3.63) is 131 Å². The van der Waals surface area contributed by atoms with Crippen LogP contribution in [0.1, 0.15) is 317 Å². The van der Waals surface area contributed by atoms with Crippen LogP contribution in [-0.4, -0.2) is 135 Å². The molecule has 0 heterocycles. The number of fused-ring (bicyclic) bond motifs is 2. The molecule has 18 heteroatoms. The van der Waals surface area contributed by atoms with Crippen LogP contribution in [0.5, 0.6) is 34.5 Å². The highest BCUT2D eigenvalue weighted by molar-refractivity contribution is 5.93. The third-order valence-electron chi connectivity index (χ3n) is 21.4. The Morgan fingerprint density at radius 3 is 0.870 bits per heavy atom. The molecule has 0 aliphatic carbocycles. The maximum absolute atomic E-state index is 14.0. The monoisotopic (exact) mass is 1600 g/mol. The Balaban J connectivity index is 1.28. The van der Waals surface area contributed by atoms with Crippen molar-refractivity contribution in [1.29, 1.82) is 0 Å². The molecule has 6 rings (SSSR count). The average molecular weight is 1600 g/mol. The highest BCUT2D eigenvalue weighted by atomic mass is 16.6. The van der Waals surface area contributed by atoms with Gasteiger partial charge in [-0.3, -0.25) is 9.59 Å². The smallest absolute Gasteiger partial charge is 0.338 e. The van der Waals surface area contributed by atoms with Crippen molar-refractivity contribution in [2.45, 2.75) is 316 Å². The first-order valence-electron chi connectivity index (χ1n) is 44.6. The molecular weight excluding hydrogens is 1450 g/mol. The molecule has 6 aromatic rings. The lowest BCUT2D eigenvalue weighted by Crippen LogP contribution is -2.28. The van der Waals surface area contributed by atoms with Crippen molar-refractivity contribution in [1.82, 2.24) is 0 Å². The van der Waals surface area contributed by atoms with Crippen molar-refractivity contribution in [2.75, 3.05) is 66.1 Å². The summed E-state index contributed by atoms with van der Waals surface area (Å²) in [4.78, 5) is 54.4. The highest BCUT2D eigenvalue weighted by Crippen LogP contribution is 2.39. The third-order valence-corrected chi connectivity index (χ3v) is 21.4. The predicted octanol–water partition coefficient (Wildman–Crippen LogP) is 22.3. The number of hydrogen-bond acceptors (Lipinski definition) is 18. The molecule has 0 saturated carbocycles. The second-order valence-electron chi connectivity index (χ2n) is 31.5. The number of hydrogen-bond donors (Lipinski definition) is 4. The van der Waals surface area contributed by atoms with Crippen LogP contribution in [-0.2, 0) is 35.0 Å². The van der Waals surface area contributed by atoms with Crippen molar-refractivity contribution < 1.29 is 87.0 Å². The molecule has 0 saturated heterocycles. The Labute approximate surface area is 689 Å². The summed E-state index contributed by atoms with van der Waals surface area (Å²) >= 11 is 0. The summed E-state index contributed by atoms with van der Waals surface area (Å²) < 4.78 is 60.7. The molecule has 6 atom stereocenters. The van der Waals surface area contributed by atoms with Crippen molar-refractivity contribution in [3.63, 3.8) is 0 Å². The number of ether oxygens (including phenoxy) is 10. The van der Waals surface area contributed by atoms with Crippen molar-refractivity contribution >= 4 is 45.4 Å². The van der Waals surface area contributed by atoms with Crippen LogP contribution in [0.15, 0.2) is 109 Å². The van der Waals surface area contributed by atoms with Crippen LogP contribution in [0.25, 0.3) is 21.5 Å². The van der Waals surface area contributed by atoms with Crippen LogP contribution >= 0.6 is 0 Å². The van der Waals surface area contributed by atoms with E-state index in [4.69, 9.17) is 47.4 Å². The van der Waals surface area contributed by atoms with Gasteiger partial charge in [-0.15, -0.1) is 0 Å². The van der Waals surface area contributed by atoms with E-state index < -0.39 is 36.4 Å². The summed E-state index contributed by atoms with van der Waals surface area (Å²) in [5.74, 6) is 0.455. The Morgan fingerprint density at radius 1 is 0.278 bits per heavy atom. The third kappa shape index (κ3) is 39.0.